The van der Waals surface area contributed by atoms with Crippen molar-refractivity contribution in [2.24, 2.45) is 5.73 Å². The maximum absolute atomic E-state index is 6.09. The van der Waals surface area contributed by atoms with Gasteiger partial charge in [-0.3, -0.25) is 0 Å². The molecule has 2 rings (SSSR count). The minimum atomic E-state index is 0.776. The van der Waals surface area contributed by atoms with Gasteiger partial charge in [0.1, 0.15) is 0 Å². The van der Waals surface area contributed by atoms with Crippen LogP contribution in [0.15, 0.2) is 47.8 Å². The van der Waals surface area contributed by atoms with Gasteiger partial charge < -0.3 is 21.3 Å². The van der Waals surface area contributed by atoms with Crippen molar-refractivity contribution in [1.29, 1.82) is 0 Å². The summed E-state index contributed by atoms with van der Waals surface area (Å²) >= 11 is 5.96. The van der Waals surface area contributed by atoms with E-state index in [0.717, 1.165) is 62.0 Å². The first-order valence-electron chi connectivity index (χ1n) is 9.23. The summed E-state index contributed by atoms with van der Waals surface area (Å²) in [6.45, 7) is 11.0. The Morgan fingerprint density at radius 3 is 2.56 bits per heavy atom. The first-order chi connectivity index (χ1) is 12.1. The van der Waals surface area contributed by atoms with Crippen LogP contribution < -0.4 is 21.3 Å². The fourth-order valence-corrected chi connectivity index (χ4v) is 3.27. The fraction of sp³-hybridized carbons (Fsp3) is 0.500. The van der Waals surface area contributed by atoms with Gasteiger partial charge in [-0.2, -0.15) is 0 Å². The van der Waals surface area contributed by atoms with E-state index in [1.54, 1.807) is 0 Å². The molecule has 0 saturated heterocycles. The van der Waals surface area contributed by atoms with E-state index >= 15 is 0 Å². The zero-order valence-corrected chi connectivity index (χ0v) is 16.0. The molecule has 0 bridgehead atoms. The van der Waals surface area contributed by atoms with E-state index < -0.39 is 0 Å². The number of rotatable bonds is 10. The normalized spacial score (nSPS) is 14.5. The van der Waals surface area contributed by atoms with Gasteiger partial charge >= 0.3 is 0 Å². The van der Waals surface area contributed by atoms with Crippen LogP contribution in [-0.4, -0.2) is 32.7 Å². The highest BCUT2D eigenvalue weighted by Gasteiger charge is 2.12. The number of allylic oxidation sites excluding steroid dienone is 2. The summed E-state index contributed by atoms with van der Waals surface area (Å²) in [7, 11) is 0. The molecular formula is C20H31ClN4. The molecule has 138 valence electrons. The van der Waals surface area contributed by atoms with Crippen LogP contribution in [0.25, 0.3) is 0 Å². The summed E-state index contributed by atoms with van der Waals surface area (Å²) in [6.07, 6.45) is 4.47. The molecule has 0 aliphatic heterocycles. The minimum absolute atomic E-state index is 0.776. The van der Waals surface area contributed by atoms with E-state index in [0.29, 0.717) is 0 Å². The van der Waals surface area contributed by atoms with Crippen molar-refractivity contribution in [2.45, 2.75) is 32.6 Å². The standard InChI is InChI=1S/C20H31ClN4/c1-3-25(18-10-8-17(21)9-11-18)15-14-23-12-13-24-16(2)19-6-4-5-7-20(19)22/h8-11,23-24H,2-7,12-15,22H2,1H3. The number of benzene rings is 1. The monoisotopic (exact) mass is 362 g/mol. The van der Waals surface area contributed by atoms with Crippen molar-refractivity contribution in [2.75, 3.05) is 37.6 Å². The van der Waals surface area contributed by atoms with Crippen LogP contribution in [0.5, 0.6) is 0 Å². The maximum Gasteiger partial charge on any atom is 0.0407 e. The number of hydrogen-bond acceptors (Lipinski definition) is 4. The lowest BCUT2D eigenvalue weighted by Crippen LogP contribution is -2.35. The van der Waals surface area contributed by atoms with Crippen molar-refractivity contribution in [3.05, 3.63) is 52.8 Å². The highest BCUT2D eigenvalue weighted by Crippen LogP contribution is 2.24. The predicted molar refractivity (Wildman–Crippen MR) is 109 cm³/mol. The number of nitrogens with two attached hydrogens (primary N) is 1. The SMILES string of the molecule is C=C(NCCNCCN(CC)c1ccc(Cl)cc1)C1=C(N)CCCC1. The summed E-state index contributed by atoms with van der Waals surface area (Å²) < 4.78 is 0. The molecule has 4 N–H and O–H groups in total. The van der Waals surface area contributed by atoms with Gasteiger partial charge in [-0.25, -0.2) is 0 Å². The van der Waals surface area contributed by atoms with Gasteiger partial charge in [0.2, 0.25) is 0 Å². The van der Waals surface area contributed by atoms with E-state index in [1.165, 1.54) is 24.1 Å². The third-order valence-corrected chi connectivity index (χ3v) is 4.90. The number of nitrogens with one attached hydrogen (secondary N) is 2. The van der Waals surface area contributed by atoms with E-state index in [9.17, 15) is 0 Å². The number of halogens is 1. The van der Waals surface area contributed by atoms with Crippen LogP contribution in [0.4, 0.5) is 5.69 Å². The van der Waals surface area contributed by atoms with Crippen LogP contribution in [0, 0.1) is 0 Å². The van der Waals surface area contributed by atoms with Crippen molar-refractivity contribution in [3.8, 4) is 0 Å². The van der Waals surface area contributed by atoms with E-state index in [4.69, 9.17) is 17.3 Å². The van der Waals surface area contributed by atoms with Gasteiger partial charge in [0.15, 0.2) is 0 Å². The molecule has 1 aliphatic rings. The average Bonchev–Trinajstić information content (AvgIpc) is 2.62. The Morgan fingerprint density at radius 2 is 1.88 bits per heavy atom. The second-order valence-electron chi connectivity index (χ2n) is 6.42. The molecule has 0 saturated carbocycles. The van der Waals surface area contributed by atoms with Crippen molar-refractivity contribution < 1.29 is 0 Å². The molecule has 5 heteroatoms. The minimum Gasteiger partial charge on any atom is -0.402 e. The largest absolute Gasteiger partial charge is 0.402 e. The zero-order chi connectivity index (χ0) is 18.1. The van der Waals surface area contributed by atoms with Gasteiger partial charge in [-0.05, 0) is 62.4 Å². The molecule has 4 nitrogen and oxygen atoms in total. The number of likely N-dealkylation sites (N-methyl/N-ethyl adjacent to an activating group) is 1. The van der Waals surface area contributed by atoms with Crippen LogP contribution in [-0.2, 0) is 0 Å². The molecule has 0 unspecified atom stereocenters. The molecule has 0 radical (unpaired) electrons. The lowest BCUT2D eigenvalue weighted by atomic mass is 9.95. The van der Waals surface area contributed by atoms with E-state index in [-0.39, 0.29) is 0 Å². The highest BCUT2D eigenvalue weighted by atomic mass is 35.5. The Hall–Kier alpha value is -1.65. The quantitative estimate of drug-likeness (QED) is 0.556. The number of anilines is 1. The predicted octanol–water partition coefficient (Wildman–Crippen LogP) is 3.65. The van der Waals surface area contributed by atoms with Crippen molar-refractivity contribution >= 4 is 17.3 Å². The molecule has 0 atom stereocenters. The number of nitrogens with zero attached hydrogens (tertiary/aromatic N) is 1. The molecule has 0 fully saturated rings. The average molecular weight is 363 g/mol. The lowest BCUT2D eigenvalue weighted by Gasteiger charge is -2.23. The van der Waals surface area contributed by atoms with Crippen LogP contribution in [0.1, 0.15) is 32.6 Å². The van der Waals surface area contributed by atoms with Gasteiger partial charge in [0.25, 0.3) is 0 Å². The molecule has 1 aromatic rings. The topological polar surface area (TPSA) is 53.3 Å². The summed E-state index contributed by atoms with van der Waals surface area (Å²) in [4.78, 5) is 2.34. The summed E-state index contributed by atoms with van der Waals surface area (Å²) in [6, 6.07) is 8.02. The summed E-state index contributed by atoms with van der Waals surface area (Å²) in [5, 5.41) is 7.66. The second kappa shape index (κ2) is 10.4. The molecule has 0 amide bonds. The Kier molecular flexibility index (Phi) is 8.16. The van der Waals surface area contributed by atoms with Gasteiger partial charge in [-0.1, -0.05) is 18.2 Å². The van der Waals surface area contributed by atoms with Gasteiger partial charge in [-0.15, -0.1) is 0 Å². The highest BCUT2D eigenvalue weighted by molar-refractivity contribution is 6.30. The molecule has 0 spiro atoms. The summed E-state index contributed by atoms with van der Waals surface area (Å²) in [5.74, 6) is 0. The molecule has 0 aromatic heterocycles. The lowest BCUT2D eigenvalue weighted by molar-refractivity contribution is 0.625. The first kappa shape index (κ1) is 19.7. The Bertz CT molecular complexity index is 580. The summed E-state index contributed by atoms with van der Waals surface area (Å²) in [5.41, 5.74) is 10.5. The maximum atomic E-state index is 6.09. The third kappa shape index (κ3) is 6.29. The fourth-order valence-electron chi connectivity index (χ4n) is 3.14. The second-order valence-corrected chi connectivity index (χ2v) is 6.86. The van der Waals surface area contributed by atoms with Crippen LogP contribution >= 0.6 is 11.6 Å². The molecule has 25 heavy (non-hydrogen) atoms. The smallest absolute Gasteiger partial charge is 0.0407 e. The molecular weight excluding hydrogens is 332 g/mol. The van der Waals surface area contributed by atoms with E-state index in [2.05, 4.69) is 41.2 Å². The van der Waals surface area contributed by atoms with Crippen LogP contribution in [0.3, 0.4) is 0 Å². The van der Waals surface area contributed by atoms with E-state index in [1.807, 2.05) is 12.1 Å². The molecule has 1 aliphatic carbocycles. The Morgan fingerprint density at radius 1 is 1.16 bits per heavy atom. The van der Waals surface area contributed by atoms with Gasteiger partial charge in [0, 0.05) is 54.8 Å². The molecule has 0 heterocycles. The Balaban J connectivity index is 1.64. The van der Waals surface area contributed by atoms with Crippen molar-refractivity contribution in [3.63, 3.8) is 0 Å². The zero-order valence-electron chi connectivity index (χ0n) is 15.3. The third-order valence-electron chi connectivity index (χ3n) is 4.65. The van der Waals surface area contributed by atoms with Crippen molar-refractivity contribution in [1.82, 2.24) is 10.6 Å². The first-order valence-corrected chi connectivity index (χ1v) is 9.61. The Labute approximate surface area is 157 Å². The van der Waals surface area contributed by atoms with Gasteiger partial charge in [0.05, 0.1) is 0 Å². The van der Waals surface area contributed by atoms with Crippen LogP contribution in [0.2, 0.25) is 5.02 Å². The molecule has 1 aromatic carbocycles. The number of hydrogen-bond donors (Lipinski definition) is 3.